The van der Waals surface area contributed by atoms with Crippen molar-refractivity contribution in [3.8, 4) is 0 Å². The lowest BCUT2D eigenvalue weighted by Crippen LogP contribution is -2.41. The topological polar surface area (TPSA) is 41.0 Å². The fourth-order valence-electron chi connectivity index (χ4n) is 3.51. The van der Waals surface area contributed by atoms with Crippen molar-refractivity contribution in [2.75, 3.05) is 18.4 Å². The van der Waals surface area contributed by atoms with Crippen LogP contribution in [-0.2, 0) is 6.54 Å². The molecule has 2 aromatic heterocycles. The van der Waals surface area contributed by atoms with Crippen LogP contribution in [0.1, 0.15) is 18.5 Å². The third kappa shape index (κ3) is 3.39. The Bertz CT molecular complexity index is 798. The summed E-state index contributed by atoms with van der Waals surface area (Å²) in [5.74, 6) is 0. The lowest BCUT2D eigenvalue weighted by Gasteiger charge is -2.33. The van der Waals surface area contributed by atoms with Crippen molar-refractivity contribution in [3.63, 3.8) is 0 Å². The Kier molecular flexibility index (Phi) is 4.38. The summed E-state index contributed by atoms with van der Waals surface area (Å²) in [6, 6.07) is 15.1. The van der Waals surface area contributed by atoms with E-state index in [0.29, 0.717) is 6.04 Å². The molecule has 0 aliphatic carbocycles. The van der Waals surface area contributed by atoms with E-state index in [2.05, 4.69) is 56.6 Å². The zero-order chi connectivity index (χ0) is 16.2. The lowest BCUT2D eigenvalue weighted by atomic mass is 10.0. The van der Waals surface area contributed by atoms with Crippen LogP contribution < -0.4 is 5.32 Å². The molecule has 0 saturated carbocycles. The average molecular weight is 318 g/mol. The van der Waals surface area contributed by atoms with Gasteiger partial charge >= 0.3 is 0 Å². The third-order valence-electron chi connectivity index (χ3n) is 4.66. The maximum atomic E-state index is 4.45. The highest BCUT2D eigenvalue weighted by Gasteiger charge is 2.20. The number of hydrogen-bond acceptors (Lipinski definition) is 4. The van der Waals surface area contributed by atoms with E-state index in [1.165, 1.54) is 29.3 Å². The van der Waals surface area contributed by atoms with Crippen molar-refractivity contribution >= 4 is 16.5 Å². The van der Waals surface area contributed by atoms with Crippen LogP contribution in [0, 0.1) is 0 Å². The van der Waals surface area contributed by atoms with Crippen molar-refractivity contribution < 1.29 is 0 Å². The number of fused-ring (bicyclic) bond motifs is 1. The van der Waals surface area contributed by atoms with Gasteiger partial charge in [0.25, 0.3) is 0 Å². The molecule has 0 spiro atoms. The average Bonchev–Trinajstić information content (AvgIpc) is 2.63. The minimum absolute atomic E-state index is 0.473. The molecule has 4 nitrogen and oxygen atoms in total. The summed E-state index contributed by atoms with van der Waals surface area (Å²) in [6.07, 6.45) is 8.09. The second kappa shape index (κ2) is 6.97. The van der Waals surface area contributed by atoms with Crippen molar-refractivity contribution in [1.29, 1.82) is 0 Å². The van der Waals surface area contributed by atoms with Crippen LogP contribution in [-0.4, -0.2) is 34.0 Å². The number of rotatable bonds is 4. The van der Waals surface area contributed by atoms with Gasteiger partial charge < -0.3 is 5.32 Å². The van der Waals surface area contributed by atoms with E-state index in [1.807, 2.05) is 24.7 Å². The maximum absolute atomic E-state index is 4.45. The fourth-order valence-corrected chi connectivity index (χ4v) is 3.51. The van der Waals surface area contributed by atoms with Gasteiger partial charge in [0.1, 0.15) is 0 Å². The Morgan fingerprint density at radius 2 is 2.08 bits per heavy atom. The monoisotopic (exact) mass is 318 g/mol. The molecule has 1 aromatic carbocycles. The van der Waals surface area contributed by atoms with E-state index in [-0.39, 0.29) is 0 Å². The van der Waals surface area contributed by atoms with Gasteiger partial charge in [0.15, 0.2) is 0 Å². The predicted molar refractivity (Wildman–Crippen MR) is 97.9 cm³/mol. The first-order valence-corrected chi connectivity index (χ1v) is 8.60. The van der Waals surface area contributed by atoms with E-state index < -0.39 is 0 Å². The molecule has 1 saturated heterocycles. The van der Waals surface area contributed by atoms with Crippen molar-refractivity contribution in [1.82, 2.24) is 14.9 Å². The summed E-state index contributed by atoms with van der Waals surface area (Å²) < 4.78 is 0. The van der Waals surface area contributed by atoms with E-state index in [4.69, 9.17) is 0 Å². The standard InChI is InChI=1S/C20H22N4/c1-2-10-22-17(6-1)14-24-12-4-7-18(15-24)23-20-8-3-5-16-13-21-11-9-19(16)20/h1-3,5-6,8-11,13,18,23H,4,7,12,14-15H2. The minimum atomic E-state index is 0.473. The quantitative estimate of drug-likeness (QED) is 0.796. The highest BCUT2D eigenvalue weighted by Crippen LogP contribution is 2.25. The Morgan fingerprint density at radius 1 is 1.08 bits per heavy atom. The molecule has 4 heteroatoms. The minimum Gasteiger partial charge on any atom is -0.381 e. The largest absolute Gasteiger partial charge is 0.381 e. The normalized spacial score (nSPS) is 18.6. The molecule has 24 heavy (non-hydrogen) atoms. The number of pyridine rings is 2. The van der Waals surface area contributed by atoms with Crippen LogP contribution in [0.2, 0.25) is 0 Å². The molecule has 0 amide bonds. The molecule has 1 unspecified atom stereocenters. The number of hydrogen-bond donors (Lipinski definition) is 1. The molecule has 3 aromatic rings. The van der Waals surface area contributed by atoms with Crippen molar-refractivity contribution in [2.45, 2.75) is 25.4 Å². The highest BCUT2D eigenvalue weighted by atomic mass is 15.2. The van der Waals surface area contributed by atoms with Gasteiger partial charge in [0.2, 0.25) is 0 Å². The van der Waals surface area contributed by atoms with Crippen molar-refractivity contribution in [3.05, 3.63) is 66.7 Å². The SMILES string of the molecule is c1ccc(CN2CCCC(Nc3cccc4cnccc34)C2)nc1. The molecular weight excluding hydrogens is 296 g/mol. The third-order valence-corrected chi connectivity index (χ3v) is 4.66. The molecule has 122 valence electrons. The molecular formula is C20H22N4. The van der Waals surface area contributed by atoms with Gasteiger partial charge in [-0.2, -0.15) is 0 Å². The molecule has 3 heterocycles. The molecule has 4 rings (SSSR count). The van der Waals surface area contributed by atoms with E-state index in [9.17, 15) is 0 Å². The Balaban J connectivity index is 1.46. The van der Waals surface area contributed by atoms with Gasteiger partial charge in [-0.15, -0.1) is 0 Å². The van der Waals surface area contributed by atoms with E-state index in [0.717, 1.165) is 25.3 Å². The van der Waals surface area contributed by atoms with Crippen LogP contribution in [0.4, 0.5) is 5.69 Å². The molecule has 0 bridgehead atoms. The van der Waals surface area contributed by atoms with Gasteiger partial charge in [0.05, 0.1) is 5.69 Å². The van der Waals surface area contributed by atoms with Crippen LogP contribution >= 0.6 is 0 Å². The molecule has 1 fully saturated rings. The van der Waals surface area contributed by atoms with Gasteiger partial charge in [-0.1, -0.05) is 18.2 Å². The van der Waals surface area contributed by atoms with E-state index >= 15 is 0 Å². The number of likely N-dealkylation sites (tertiary alicyclic amines) is 1. The summed E-state index contributed by atoms with van der Waals surface area (Å²) in [4.78, 5) is 11.2. The van der Waals surface area contributed by atoms with Crippen molar-refractivity contribution in [2.24, 2.45) is 0 Å². The second-order valence-electron chi connectivity index (χ2n) is 6.44. The number of anilines is 1. The highest BCUT2D eigenvalue weighted by molar-refractivity contribution is 5.93. The summed E-state index contributed by atoms with van der Waals surface area (Å²) in [5, 5.41) is 6.18. The number of nitrogens with zero attached hydrogens (tertiary/aromatic N) is 3. The zero-order valence-electron chi connectivity index (χ0n) is 13.7. The summed E-state index contributed by atoms with van der Waals surface area (Å²) in [6.45, 7) is 3.13. The van der Waals surface area contributed by atoms with Crippen LogP contribution in [0.15, 0.2) is 61.1 Å². The predicted octanol–water partition coefficient (Wildman–Crippen LogP) is 3.71. The smallest absolute Gasteiger partial charge is 0.0543 e. The Hall–Kier alpha value is -2.46. The Labute approximate surface area is 142 Å². The molecule has 1 atom stereocenters. The Morgan fingerprint density at radius 3 is 3.00 bits per heavy atom. The molecule has 0 radical (unpaired) electrons. The van der Waals surface area contributed by atoms with Crippen LogP contribution in [0.5, 0.6) is 0 Å². The van der Waals surface area contributed by atoms with Gasteiger partial charge in [-0.3, -0.25) is 14.9 Å². The van der Waals surface area contributed by atoms with Gasteiger partial charge in [0, 0.05) is 54.2 Å². The summed E-state index contributed by atoms with van der Waals surface area (Å²) in [5.41, 5.74) is 2.36. The number of aromatic nitrogens is 2. The molecule has 1 aliphatic heterocycles. The second-order valence-corrected chi connectivity index (χ2v) is 6.44. The van der Waals surface area contributed by atoms with Crippen LogP contribution in [0.3, 0.4) is 0 Å². The lowest BCUT2D eigenvalue weighted by molar-refractivity contribution is 0.206. The molecule has 1 aliphatic rings. The van der Waals surface area contributed by atoms with E-state index in [1.54, 1.807) is 0 Å². The first-order valence-electron chi connectivity index (χ1n) is 8.60. The number of benzene rings is 1. The maximum Gasteiger partial charge on any atom is 0.0543 e. The number of nitrogens with one attached hydrogen (secondary N) is 1. The number of piperidine rings is 1. The van der Waals surface area contributed by atoms with Crippen LogP contribution in [0.25, 0.3) is 10.8 Å². The van der Waals surface area contributed by atoms with Gasteiger partial charge in [-0.25, -0.2) is 0 Å². The summed E-state index contributed by atoms with van der Waals surface area (Å²) >= 11 is 0. The first-order chi connectivity index (χ1) is 11.9. The van der Waals surface area contributed by atoms with Gasteiger partial charge in [-0.05, 0) is 43.7 Å². The fraction of sp³-hybridized carbons (Fsp3) is 0.300. The summed E-state index contributed by atoms with van der Waals surface area (Å²) in [7, 11) is 0. The zero-order valence-corrected chi connectivity index (χ0v) is 13.7. The molecule has 1 N–H and O–H groups in total. The first kappa shape index (κ1) is 15.1.